The molecule has 4 rings (SSSR count). The summed E-state index contributed by atoms with van der Waals surface area (Å²) in [6, 6.07) is 32.6. The molecule has 1 N–H and O–H groups in total. The summed E-state index contributed by atoms with van der Waals surface area (Å²) < 4.78 is 29.4. The van der Waals surface area contributed by atoms with Crippen LogP contribution in [0.1, 0.15) is 22.7 Å². The highest BCUT2D eigenvalue weighted by atomic mass is 35.5. The van der Waals surface area contributed by atoms with E-state index in [0.29, 0.717) is 32.3 Å². The van der Waals surface area contributed by atoms with Gasteiger partial charge in [-0.25, -0.2) is 8.42 Å². The predicted octanol–water partition coefficient (Wildman–Crippen LogP) is 7.04. The maximum absolute atomic E-state index is 13.3. The number of hydrogen-bond acceptors (Lipinski definition) is 3. The first-order valence-electron chi connectivity index (χ1n) is 10.7. The molecule has 0 aromatic heterocycles. The Bertz CT molecular complexity index is 1430. The maximum atomic E-state index is 13.3. The van der Waals surface area contributed by atoms with E-state index in [1.165, 1.54) is 12.1 Å². The van der Waals surface area contributed by atoms with Gasteiger partial charge in [-0.1, -0.05) is 96.0 Å². The number of halogens is 2. The Kier molecular flexibility index (Phi) is 7.70. The lowest BCUT2D eigenvalue weighted by Gasteiger charge is -2.22. The van der Waals surface area contributed by atoms with Crippen LogP contribution in [0.2, 0.25) is 10.0 Å². The maximum Gasteiger partial charge on any atom is 0.241 e. The summed E-state index contributed by atoms with van der Waals surface area (Å²) in [5.41, 5.74) is 2.87. The Morgan fingerprint density at radius 1 is 0.714 bits per heavy atom. The fraction of sp³-hybridized carbons (Fsp3) is 0.0357. The van der Waals surface area contributed by atoms with E-state index < -0.39 is 16.1 Å². The summed E-state index contributed by atoms with van der Waals surface area (Å²) in [4.78, 5) is 0.109. The molecule has 0 bridgehead atoms. The minimum Gasteiger partial charge on any atom is -0.207 e. The summed E-state index contributed by atoms with van der Waals surface area (Å²) in [5, 5.41) is 11.5. The second-order valence-corrected chi connectivity index (χ2v) is 10.3. The highest BCUT2D eigenvalue weighted by Gasteiger charge is 2.28. The Morgan fingerprint density at radius 3 is 1.63 bits per heavy atom. The van der Waals surface area contributed by atoms with Gasteiger partial charge in [0.25, 0.3) is 0 Å². The lowest BCUT2D eigenvalue weighted by molar-refractivity contribution is 0.572. The van der Waals surface area contributed by atoms with Gasteiger partial charge in [-0.2, -0.15) is 9.98 Å². The van der Waals surface area contributed by atoms with Crippen molar-refractivity contribution in [1.29, 1.82) is 5.26 Å². The molecular weight excluding hydrogens is 499 g/mol. The van der Waals surface area contributed by atoms with Crippen LogP contribution in [0.15, 0.2) is 120 Å². The van der Waals surface area contributed by atoms with Crippen molar-refractivity contribution in [1.82, 2.24) is 4.72 Å². The standard InChI is InChI=1S/C28H20Cl2N2O2S/c29-23-15-11-20(12-16-23)27(21-13-17-24(30)18-14-21)26(19-31)28(22-7-3-1-4-8-22)32-35(33,34)25-9-5-2-6-10-25/h1-18,28,32H. The molecule has 0 saturated carbocycles. The molecular formula is C28H20Cl2N2O2S. The minimum atomic E-state index is -3.95. The smallest absolute Gasteiger partial charge is 0.207 e. The van der Waals surface area contributed by atoms with Crippen molar-refractivity contribution in [3.63, 3.8) is 0 Å². The monoisotopic (exact) mass is 518 g/mol. The van der Waals surface area contributed by atoms with E-state index >= 15 is 0 Å². The van der Waals surface area contributed by atoms with Gasteiger partial charge >= 0.3 is 0 Å². The average molecular weight is 519 g/mol. The van der Waals surface area contributed by atoms with Gasteiger partial charge in [-0.15, -0.1) is 0 Å². The van der Waals surface area contributed by atoms with Crippen LogP contribution in [-0.2, 0) is 10.0 Å². The Labute approximate surface area is 215 Å². The third-order valence-electron chi connectivity index (χ3n) is 5.40. The molecule has 0 amide bonds. The summed E-state index contributed by atoms with van der Waals surface area (Å²) in [6.45, 7) is 0. The summed E-state index contributed by atoms with van der Waals surface area (Å²) in [7, 11) is -3.95. The van der Waals surface area contributed by atoms with E-state index in [-0.39, 0.29) is 10.5 Å². The van der Waals surface area contributed by atoms with Crippen molar-refractivity contribution in [3.8, 4) is 6.07 Å². The third kappa shape index (κ3) is 5.82. The summed E-state index contributed by atoms with van der Waals surface area (Å²) in [6.07, 6.45) is 0. The predicted molar refractivity (Wildman–Crippen MR) is 140 cm³/mol. The number of hydrogen-bond donors (Lipinski definition) is 1. The molecule has 4 aromatic rings. The number of sulfonamides is 1. The molecule has 4 aromatic carbocycles. The van der Waals surface area contributed by atoms with Crippen LogP contribution < -0.4 is 4.72 Å². The van der Waals surface area contributed by atoms with E-state index in [1.54, 1.807) is 91.0 Å². The molecule has 1 unspecified atom stereocenters. The largest absolute Gasteiger partial charge is 0.241 e. The van der Waals surface area contributed by atoms with Gasteiger partial charge in [0, 0.05) is 15.6 Å². The highest BCUT2D eigenvalue weighted by Crippen LogP contribution is 2.35. The van der Waals surface area contributed by atoms with Crippen LogP contribution in [-0.4, -0.2) is 8.42 Å². The summed E-state index contributed by atoms with van der Waals surface area (Å²) in [5.74, 6) is 0. The van der Waals surface area contributed by atoms with Crippen molar-refractivity contribution >= 4 is 38.8 Å². The quantitative estimate of drug-likeness (QED) is 0.266. The third-order valence-corrected chi connectivity index (χ3v) is 7.35. The lowest BCUT2D eigenvalue weighted by atomic mass is 9.88. The van der Waals surface area contributed by atoms with Gasteiger partial charge in [0.15, 0.2) is 0 Å². The first-order chi connectivity index (χ1) is 16.9. The molecule has 1 atom stereocenters. The molecule has 0 radical (unpaired) electrons. The van der Waals surface area contributed by atoms with Crippen LogP contribution in [0, 0.1) is 11.3 Å². The molecule has 35 heavy (non-hydrogen) atoms. The molecule has 0 spiro atoms. The van der Waals surface area contributed by atoms with E-state index in [4.69, 9.17) is 23.2 Å². The van der Waals surface area contributed by atoms with E-state index in [9.17, 15) is 13.7 Å². The minimum absolute atomic E-state index is 0.109. The molecule has 7 heteroatoms. The zero-order valence-corrected chi connectivity index (χ0v) is 20.7. The molecule has 0 saturated heterocycles. The highest BCUT2D eigenvalue weighted by molar-refractivity contribution is 7.89. The van der Waals surface area contributed by atoms with Crippen LogP contribution >= 0.6 is 23.2 Å². The second kappa shape index (κ2) is 10.9. The number of rotatable bonds is 7. The molecule has 0 aliphatic rings. The topological polar surface area (TPSA) is 70.0 Å². The molecule has 0 fully saturated rings. The molecule has 0 aliphatic heterocycles. The molecule has 0 aliphatic carbocycles. The first kappa shape index (κ1) is 24.7. The number of nitriles is 1. The van der Waals surface area contributed by atoms with Crippen LogP contribution in [0.4, 0.5) is 0 Å². The van der Waals surface area contributed by atoms with Gasteiger partial charge in [0.05, 0.1) is 22.6 Å². The summed E-state index contributed by atoms with van der Waals surface area (Å²) >= 11 is 12.2. The van der Waals surface area contributed by atoms with Crippen molar-refractivity contribution in [3.05, 3.63) is 142 Å². The van der Waals surface area contributed by atoms with Crippen molar-refractivity contribution < 1.29 is 8.42 Å². The van der Waals surface area contributed by atoms with Gasteiger partial charge in [0.2, 0.25) is 10.0 Å². The van der Waals surface area contributed by atoms with E-state index in [2.05, 4.69) is 10.8 Å². The van der Waals surface area contributed by atoms with Crippen LogP contribution in [0.25, 0.3) is 5.57 Å². The number of nitrogens with zero attached hydrogens (tertiary/aromatic N) is 1. The van der Waals surface area contributed by atoms with Gasteiger partial charge < -0.3 is 0 Å². The molecule has 0 heterocycles. The molecule has 4 nitrogen and oxygen atoms in total. The van der Waals surface area contributed by atoms with Crippen molar-refractivity contribution in [2.75, 3.05) is 0 Å². The Balaban J connectivity index is 1.97. The fourth-order valence-corrected chi connectivity index (χ4v) is 5.21. The van der Waals surface area contributed by atoms with Crippen molar-refractivity contribution in [2.24, 2.45) is 0 Å². The number of nitrogens with one attached hydrogen (secondary N) is 1. The number of benzene rings is 4. The first-order valence-corrected chi connectivity index (χ1v) is 12.9. The van der Waals surface area contributed by atoms with Crippen molar-refractivity contribution in [2.45, 2.75) is 10.9 Å². The Morgan fingerprint density at radius 2 is 1.17 bits per heavy atom. The van der Waals surface area contributed by atoms with E-state index in [0.717, 1.165) is 0 Å². The zero-order chi connectivity index (χ0) is 24.8. The van der Waals surface area contributed by atoms with Gasteiger partial charge in [-0.05, 0) is 53.1 Å². The normalized spacial score (nSPS) is 11.9. The average Bonchev–Trinajstić information content (AvgIpc) is 2.89. The van der Waals surface area contributed by atoms with Crippen LogP contribution in [0.5, 0.6) is 0 Å². The van der Waals surface area contributed by atoms with Crippen LogP contribution in [0.3, 0.4) is 0 Å². The second-order valence-electron chi connectivity index (χ2n) is 7.69. The Hall–Kier alpha value is -3.40. The fourth-order valence-electron chi connectivity index (χ4n) is 3.74. The lowest BCUT2D eigenvalue weighted by Crippen LogP contribution is -2.30. The molecule has 174 valence electrons. The SMILES string of the molecule is N#CC(=C(c1ccc(Cl)cc1)c1ccc(Cl)cc1)C(NS(=O)(=O)c1ccccc1)c1ccccc1. The van der Waals surface area contributed by atoms with Gasteiger partial charge in [-0.3, -0.25) is 0 Å². The van der Waals surface area contributed by atoms with Gasteiger partial charge in [0.1, 0.15) is 0 Å². The zero-order valence-electron chi connectivity index (χ0n) is 18.4. The van der Waals surface area contributed by atoms with E-state index in [1.807, 2.05) is 6.07 Å².